The molecule has 0 fully saturated rings. The number of sulfone groups is 1. The number of carboxylic acid groups (broad SMARTS) is 1. The molecule has 14 heteroatoms. The third kappa shape index (κ3) is 4.73. The first-order valence-corrected chi connectivity index (χ1v) is 13.8. The van der Waals surface area contributed by atoms with Crippen molar-refractivity contribution in [3.05, 3.63) is 53.2 Å². The van der Waals surface area contributed by atoms with Gasteiger partial charge >= 0.3 is 6.16 Å². The van der Waals surface area contributed by atoms with Crippen LogP contribution in [0.25, 0.3) is 21.5 Å². The highest BCUT2D eigenvalue weighted by Gasteiger charge is 2.25. The Balaban J connectivity index is 1.75. The van der Waals surface area contributed by atoms with E-state index in [0.29, 0.717) is 20.7 Å². The Kier molecular flexibility index (Phi) is 6.06. The molecular weight excluding hydrogens is 528 g/mol. The first kappa shape index (κ1) is 24.0. The number of sulfonamides is 1. The van der Waals surface area contributed by atoms with Gasteiger partial charge in [-0.1, -0.05) is 11.6 Å². The number of oxazole rings is 1. The zero-order valence-electron chi connectivity index (χ0n) is 17.4. The average Bonchev–Trinajstić information content (AvgIpc) is 3.32. The number of thiophene rings is 1. The molecule has 2 aromatic carbocycles. The summed E-state index contributed by atoms with van der Waals surface area (Å²) in [7, 11) is -8.06. The van der Waals surface area contributed by atoms with Gasteiger partial charge in [0.1, 0.15) is 4.21 Å². The van der Waals surface area contributed by atoms with Gasteiger partial charge in [-0.2, -0.15) is 4.98 Å². The molecular formula is C20H15ClN2O8S3. The van der Waals surface area contributed by atoms with Crippen molar-refractivity contribution in [1.29, 1.82) is 0 Å². The standard InChI is InChI=1S/C20H15ClN2O8S3/c1-10-13-8-12(21)4-6-15(13)32-19(10)34(28,29)23-14-5-3-11(7-16(14)33(2,26)27)18-22-17(9-30-18)31-20(24)25/h3-9,23H,1-2H3,(H,24,25). The van der Waals surface area contributed by atoms with E-state index in [2.05, 4.69) is 14.4 Å². The van der Waals surface area contributed by atoms with Crippen LogP contribution >= 0.6 is 22.9 Å². The van der Waals surface area contributed by atoms with Gasteiger partial charge in [-0.3, -0.25) is 4.72 Å². The molecule has 4 aromatic rings. The molecule has 2 heterocycles. The van der Waals surface area contributed by atoms with Crippen molar-refractivity contribution in [3.63, 3.8) is 0 Å². The van der Waals surface area contributed by atoms with Crippen LogP contribution in [0.5, 0.6) is 5.88 Å². The summed E-state index contributed by atoms with van der Waals surface area (Å²) < 4.78 is 63.9. The monoisotopic (exact) mass is 542 g/mol. The smallest absolute Gasteiger partial charge is 0.449 e. The van der Waals surface area contributed by atoms with Gasteiger partial charge in [-0.15, -0.1) is 11.3 Å². The van der Waals surface area contributed by atoms with Gasteiger partial charge in [0.15, 0.2) is 16.1 Å². The minimum Gasteiger partial charge on any atom is -0.449 e. The second-order valence-electron chi connectivity index (χ2n) is 7.10. The van der Waals surface area contributed by atoms with Crippen molar-refractivity contribution in [2.24, 2.45) is 0 Å². The van der Waals surface area contributed by atoms with Crippen LogP contribution in [0.4, 0.5) is 10.5 Å². The summed E-state index contributed by atoms with van der Waals surface area (Å²) >= 11 is 7.06. The Morgan fingerprint density at radius 3 is 2.59 bits per heavy atom. The zero-order valence-corrected chi connectivity index (χ0v) is 20.6. The summed E-state index contributed by atoms with van der Waals surface area (Å²) in [4.78, 5) is 14.1. The summed E-state index contributed by atoms with van der Waals surface area (Å²) in [5.41, 5.74) is 0.476. The van der Waals surface area contributed by atoms with Crippen LogP contribution in [0, 0.1) is 6.92 Å². The molecule has 10 nitrogen and oxygen atoms in total. The average molecular weight is 543 g/mol. The Labute approximate surface area is 202 Å². The van der Waals surface area contributed by atoms with E-state index in [9.17, 15) is 21.6 Å². The van der Waals surface area contributed by atoms with E-state index in [0.717, 1.165) is 23.9 Å². The number of fused-ring (bicyclic) bond motifs is 1. The molecule has 0 unspecified atom stereocenters. The van der Waals surface area contributed by atoms with Crippen LogP contribution < -0.4 is 9.46 Å². The molecule has 0 amide bonds. The molecule has 0 bridgehead atoms. The maximum Gasteiger partial charge on any atom is 0.512 e. The number of rotatable bonds is 6. The molecule has 2 aromatic heterocycles. The van der Waals surface area contributed by atoms with Crippen LogP contribution in [0.3, 0.4) is 0 Å². The zero-order chi connectivity index (χ0) is 24.8. The van der Waals surface area contributed by atoms with E-state index in [1.165, 1.54) is 18.2 Å². The minimum atomic E-state index is -4.15. The third-order valence-electron chi connectivity index (χ3n) is 4.65. The predicted molar refractivity (Wildman–Crippen MR) is 126 cm³/mol. The first-order chi connectivity index (χ1) is 15.8. The summed E-state index contributed by atoms with van der Waals surface area (Å²) in [5, 5.41) is 9.80. The van der Waals surface area contributed by atoms with Crippen molar-refractivity contribution in [2.45, 2.75) is 16.0 Å². The lowest BCUT2D eigenvalue weighted by Gasteiger charge is -2.12. The number of ether oxygens (including phenoxy) is 1. The maximum atomic E-state index is 13.2. The van der Waals surface area contributed by atoms with Gasteiger partial charge in [-0.25, -0.2) is 21.6 Å². The molecule has 0 aliphatic rings. The van der Waals surface area contributed by atoms with Crippen molar-refractivity contribution in [1.82, 2.24) is 4.98 Å². The van der Waals surface area contributed by atoms with E-state index < -0.39 is 26.0 Å². The molecule has 0 saturated carbocycles. The SMILES string of the molecule is Cc1c(S(=O)(=O)Nc2ccc(-c3nc(OC(=O)O)co3)cc2S(C)(=O)=O)sc2ccc(Cl)cc12. The normalized spacial score (nSPS) is 12.1. The number of anilines is 1. The number of carbonyl (C=O) groups is 1. The number of aryl methyl sites for hydroxylation is 1. The minimum absolute atomic E-state index is 0.0245. The number of hydrogen-bond donors (Lipinski definition) is 2. The Morgan fingerprint density at radius 1 is 1.18 bits per heavy atom. The van der Waals surface area contributed by atoms with Crippen molar-refractivity contribution in [2.75, 3.05) is 11.0 Å². The molecule has 0 radical (unpaired) electrons. The van der Waals surface area contributed by atoms with Gasteiger partial charge in [0.25, 0.3) is 15.9 Å². The summed E-state index contributed by atoms with van der Waals surface area (Å²) in [5.74, 6) is -0.457. The number of halogens is 1. The van der Waals surface area contributed by atoms with Crippen LogP contribution in [0.2, 0.25) is 5.02 Å². The topological polar surface area (TPSA) is 153 Å². The summed E-state index contributed by atoms with van der Waals surface area (Å²) in [6.07, 6.45) is 0.266. The number of hydrogen-bond acceptors (Lipinski definition) is 9. The lowest BCUT2D eigenvalue weighted by Crippen LogP contribution is -2.15. The molecule has 4 rings (SSSR count). The van der Waals surface area contributed by atoms with Crippen molar-refractivity contribution < 1.29 is 35.9 Å². The predicted octanol–water partition coefficient (Wildman–Crippen LogP) is 4.78. The highest BCUT2D eigenvalue weighted by molar-refractivity contribution is 7.95. The molecule has 34 heavy (non-hydrogen) atoms. The molecule has 0 aliphatic carbocycles. The van der Waals surface area contributed by atoms with Gasteiger partial charge in [0.05, 0.1) is 10.6 Å². The Hall–Kier alpha value is -3.13. The van der Waals surface area contributed by atoms with E-state index in [-0.39, 0.29) is 32.1 Å². The van der Waals surface area contributed by atoms with Crippen LogP contribution in [0.15, 0.2) is 56.2 Å². The number of nitrogens with one attached hydrogen (secondary N) is 1. The van der Waals surface area contributed by atoms with E-state index in [1.807, 2.05) is 0 Å². The van der Waals surface area contributed by atoms with Crippen LogP contribution in [-0.4, -0.2) is 39.3 Å². The van der Waals surface area contributed by atoms with Crippen LogP contribution in [-0.2, 0) is 19.9 Å². The lowest BCUT2D eigenvalue weighted by molar-refractivity contribution is 0.142. The third-order valence-corrected chi connectivity index (χ3v) is 9.28. The Bertz CT molecular complexity index is 1660. The lowest BCUT2D eigenvalue weighted by atomic mass is 10.2. The van der Waals surface area contributed by atoms with E-state index in [1.54, 1.807) is 25.1 Å². The molecule has 0 spiro atoms. The van der Waals surface area contributed by atoms with Crippen LogP contribution in [0.1, 0.15) is 5.56 Å². The highest BCUT2D eigenvalue weighted by Crippen LogP contribution is 2.37. The number of nitrogens with zero attached hydrogens (tertiary/aromatic N) is 1. The number of aromatic nitrogens is 1. The van der Waals surface area contributed by atoms with E-state index >= 15 is 0 Å². The van der Waals surface area contributed by atoms with Gasteiger partial charge in [0.2, 0.25) is 5.89 Å². The fourth-order valence-corrected chi connectivity index (χ4v) is 7.12. The molecule has 178 valence electrons. The number of benzene rings is 2. The fourth-order valence-electron chi connectivity index (χ4n) is 3.19. The van der Waals surface area contributed by atoms with Gasteiger partial charge < -0.3 is 14.3 Å². The molecule has 0 aliphatic heterocycles. The molecule has 0 atom stereocenters. The quantitative estimate of drug-likeness (QED) is 0.328. The Morgan fingerprint density at radius 2 is 1.91 bits per heavy atom. The summed E-state index contributed by atoms with van der Waals surface area (Å²) in [6, 6.07) is 8.83. The van der Waals surface area contributed by atoms with Crippen molar-refractivity contribution in [3.8, 4) is 17.3 Å². The van der Waals surface area contributed by atoms with Crippen molar-refractivity contribution >= 4 is 64.7 Å². The second-order valence-corrected chi connectivity index (χ2v) is 12.5. The van der Waals surface area contributed by atoms with E-state index in [4.69, 9.17) is 21.1 Å². The highest BCUT2D eigenvalue weighted by atomic mass is 35.5. The van der Waals surface area contributed by atoms with Gasteiger partial charge in [-0.05, 0) is 54.3 Å². The molecule has 2 N–H and O–H groups in total. The maximum absolute atomic E-state index is 13.2. The van der Waals surface area contributed by atoms with Gasteiger partial charge in [0, 0.05) is 21.5 Å². The summed E-state index contributed by atoms with van der Waals surface area (Å²) in [6.45, 7) is 1.64. The molecule has 0 saturated heterocycles. The largest absolute Gasteiger partial charge is 0.512 e. The second kappa shape index (κ2) is 8.58. The fraction of sp³-hybridized carbons (Fsp3) is 0.100. The first-order valence-electron chi connectivity index (χ1n) is 9.27.